The molecule has 8 heteroatoms. The Morgan fingerprint density at radius 1 is 1.29 bits per heavy atom. The second-order valence-electron chi connectivity index (χ2n) is 7.00. The highest BCUT2D eigenvalue weighted by atomic mass is 35.5. The van der Waals surface area contributed by atoms with E-state index in [2.05, 4.69) is 20.5 Å². The molecule has 0 aliphatic carbocycles. The molecule has 0 radical (unpaired) electrons. The summed E-state index contributed by atoms with van der Waals surface area (Å²) in [5, 5.41) is 6.09. The number of piperidine rings is 1. The van der Waals surface area contributed by atoms with E-state index in [1.807, 2.05) is 18.2 Å². The maximum atomic E-state index is 13.7. The molecule has 0 saturated carbocycles. The number of hydrogen-bond acceptors (Lipinski definition) is 3. The van der Waals surface area contributed by atoms with Gasteiger partial charge in [-0.3, -0.25) is 9.88 Å². The van der Waals surface area contributed by atoms with E-state index in [0.29, 0.717) is 10.6 Å². The summed E-state index contributed by atoms with van der Waals surface area (Å²) in [6.07, 6.45) is 3.53. The number of nitrogens with one attached hydrogen (secondary N) is 2. The fourth-order valence-corrected chi connectivity index (χ4v) is 3.87. The minimum Gasteiger partial charge on any atom is -0.335 e. The maximum absolute atomic E-state index is 13.7. The van der Waals surface area contributed by atoms with Crippen molar-refractivity contribution in [2.45, 2.75) is 38.4 Å². The standard InChI is InChI=1S/C20H23Cl2FN4O/c1-13(16-10-19(23)18(22)11-17(16)21)25-20(28)26-14-5-8-27(9-6-14)12-15-4-2-3-7-24-15/h2-4,7,10-11,13-14H,5-6,8-9,12H2,1H3,(H2,25,26,28). The third-order valence-corrected chi connectivity index (χ3v) is 5.51. The molecule has 1 atom stereocenters. The summed E-state index contributed by atoms with van der Waals surface area (Å²) >= 11 is 11.8. The van der Waals surface area contributed by atoms with Gasteiger partial charge in [0.1, 0.15) is 5.82 Å². The van der Waals surface area contributed by atoms with Crippen LogP contribution < -0.4 is 10.6 Å². The van der Waals surface area contributed by atoms with Crippen LogP contribution in [0.3, 0.4) is 0 Å². The first-order valence-electron chi connectivity index (χ1n) is 9.26. The lowest BCUT2D eigenvalue weighted by atomic mass is 10.0. The monoisotopic (exact) mass is 424 g/mol. The summed E-state index contributed by atoms with van der Waals surface area (Å²) in [5.74, 6) is -0.560. The summed E-state index contributed by atoms with van der Waals surface area (Å²) in [7, 11) is 0. The number of rotatable bonds is 5. The van der Waals surface area contributed by atoms with Gasteiger partial charge in [-0.05, 0) is 49.6 Å². The quantitative estimate of drug-likeness (QED) is 0.691. The van der Waals surface area contributed by atoms with Gasteiger partial charge in [-0.25, -0.2) is 9.18 Å². The highest BCUT2D eigenvalue weighted by Crippen LogP contribution is 2.28. The number of likely N-dealkylation sites (tertiary alicyclic amines) is 1. The van der Waals surface area contributed by atoms with Crippen molar-refractivity contribution in [2.75, 3.05) is 13.1 Å². The van der Waals surface area contributed by atoms with E-state index < -0.39 is 11.9 Å². The zero-order valence-electron chi connectivity index (χ0n) is 15.6. The summed E-state index contributed by atoms with van der Waals surface area (Å²) in [6, 6.07) is 7.89. The smallest absolute Gasteiger partial charge is 0.315 e. The Kier molecular flexibility index (Phi) is 7.10. The van der Waals surface area contributed by atoms with Gasteiger partial charge in [0.15, 0.2) is 0 Å². The van der Waals surface area contributed by atoms with Crippen LogP contribution in [0.5, 0.6) is 0 Å². The molecule has 0 spiro atoms. The third kappa shape index (κ3) is 5.56. The van der Waals surface area contributed by atoms with E-state index in [0.717, 1.165) is 38.2 Å². The molecule has 1 unspecified atom stereocenters. The summed E-state index contributed by atoms with van der Waals surface area (Å²) in [4.78, 5) is 19.0. The van der Waals surface area contributed by atoms with Crippen LogP contribution in [0.1, 0.15) is 37.1 Å². The lowest BCUT2D eigenvalue weighted by Crippen LogP contribution is -2.48. The number of nitrogens with zero attached hydrogens (tertiary/aromatic N) is 2. The van der Waals surface area contributed by atoms with E-state index in [1.54, 1.807) is 13.1 Å². The molecular weight excluding hydrogens is 402 g/mol. The second kappa shape index (κ2) is 9.54. The van der Waals surface area contributed by atoms with Gasteiger partial charge in [-0.15, -0.1) is 0 Å². The molecule has 28 heavy (non-hydrogen) atoms. The molecule has 1 aromatic heterocycles. The molecule has 1 aromatic carbocycles. The SMILES string of the molecule is CC(NC(=O)NC1CCN(Cc2ccccn2)CC1)c1cc(F)c(Cl)cc1Cl. The molecule has 1 fully saturated rings. The second-order valence-corrected chi connectivity index (χ2v) is 7.81. The fraction of sp³-hybridized carbons (Fsp3) is 0.400. The van der Waals surface area contributed by atoms with Gasteiger partial charge < -0.3 is 10.6 Å². The number of halogens is 3. The van der Waals surface area contributed by atoms with Gasteiger partial charge >= 0.3 is 6.03 Å². The minimum absolute atomic E-state index is 0.0390. The maximum Gasteiger partial charge on any atom is 0.315 e. The average Bonchev–Trinajstić information content (AvgIpc) is 2.67. The van der Waals surface area contributed by atoms with Gasteiger partial charge in [0.05, 0.1) is 16.8 Å². The number of pyridine rings is 1. The number of hydrogen-bond donors (Lipinski definition) is 2. The number of carbonyl (C=O) groups excluding carboxylic acids is 1. The minimum atomic E-state index is -0.560. The highest BCUT2D eigenvalue weighted by Gasteiger charge is 2.22. The Labute approximate surface area is 174 Å². The lowest BCUT2D eigenvalue weighted by molar-refractivity contribution is 0.184. The van der Waals surface area contributed by atoms with Gasteiger partial charge in [0.2, 0.25) is 0 Å². The number of benzene rings is 1. The largest absolute Gasteiger partial charge is 0.335 e. The molecule has 2 heterocycles. The first-order chi connectivity index (χ1) is 13.4. The molecule has 0 bridgehead atoms. The Bertz CT molecular complexity index is 813. The predicted molar refractivity (Wildman–Crippen MR) is 109 cm³/mol. The van der Waals surface area contributed by atoms with E-state index in [1.165, 1.54) is 12.1 Å². The van der Waals surface area contributed by atoms with Crippen LogP contribution >= 0.6 is 23.2 Å². The van der Waals surface area contributed by atoms with E-state index in [-0.39, 0.29) is 17.1 Å². The van der Waals surface area contributed by atoms with Crippen molar-refractivity contribution in [3.8, 4) is 0 Å². The number of carbonyl (C=O) groups is 1. The van der Waals surface area contributed by atoms with Gasteiger partial charge in [-0.1, -0.05) is 29.3 Å². The van der Waals surface area contributed by atoms with Crippen molar-refractivity contribution in [3.05, 3.63) is 63.6 Å². The molecule has 1 aliphatic heterocycles. The zero-order valence-corrected chi connectivity index (χ0v) is 17.1. The summed E-state index contributed by atoms with van der Waals surface area (Å²) in [5.41, 5.74) is 1.54. The highest BCUT2D eigenvalue weighted by molar-refractivity contribution is 6.35. The molecule has 2 aromatic rings. The van der Waals surface area contributed by atoms with Crippen molar-refractivity contribution >= 4 is 29.2 Å². The molecular formula is C20H23Cl2FN4O. The van der Waals surface area contributed by atoms with Crippen LogP contribution in [0, 0.1) is 5.82 Å². The van der Waals surface area contributed by atoms with E-state index >= 15 is 0 Å². The van der Waals surface area contributed by atoms with Crippen molar-refractivity contribution in [2.24, 2.45) is 0 Å². The van der Waals surface area contributed by atoms with Crippen LogP contribution in [-0.4, -0.2) is 35.0 Å². The Morgan fingerprint density at radius 3 is 2.71 bits per heavy atom. The normalized spacial score (nSPS) is 16.6. The van der Waals surface area contributed by atoms with Crippen molar-refractivity contribution in [3.63, 3.8) is 0 Å². The molecule has 150 valence electrons. The first-order valence-corrected chi connectivity index (χ1v) is 10.0. The molecule has 5 nitrogen and oxygen atoms in total. The van der Waals surface area contributed by atoms with E-state index in [9.17, 15) is 9.18 Å². The molecule has 2 amide bonds. The lowest BCUT2D eigenvalue weighted by Gasteiger charge is -2.32. The Hall–Kier alpha value is -1.89. The molecule has 1 saturated heterocycles. The van der Waals surface area contributed by atoms with Crippen molar-refractivity contribution in [1.82, 2.24) is 20.5 Å². The number of aromatic nitrogens is 1. The fourth-order valence-electron chi connectivity index (χ4n) is 3.33. The summed E-state index contributed by atoms with van der Waals surface area (Å²) < 4.78 is 13.7. The van der Waals surface area contributed by atoms with Gasteiger partial charge in [0.25, 0.3) is 0 Å². The zero-order chi connectivity index (χ0) is 20.1. The predicted octanol–water partition coefficient (Wildman–Crippen LogP) is 4.55. The number of urea groups is 1. The average molecular weight is 425 g/mol. The first kappa shape index (κ1) is 20.8. The van der Waals surface area contributed by atoms with Crippen molar-refractivity contribution < 1.29 is 9.18 Å². The van der Waals surface area contributed by atoms with Crippen molar-refractivity contribution in [1.29, 1.82) is 0 Å². The third-order valence-electron chi connectivity index (χ3n) is 4.89. The molecule has 2 N–H and O–H groups in total. The molecule has 3 rings (SSSR count). The Morgan fingerprint density at radius 2 is 2.04 bits per heavy atom. The van der Waals surface area contributed by atoms with Crippen LogP contribution in [0.2, 0.25) is 10.0 Å². The Balaban J connectivity index is 1.46. The van der Waals surface area contributed by atoms with Gasteiger partial charge in [0, 0.05) is 36.9 Å². The van der Waals surface area contributed by atoms with Crippen LogP contribution in [-0.2, 0) is 6.54 Å². The van der Waals surface area contributed by atoms with Crippen LogP contribution in [0.15, 0.2) is 36.5 Å². The topological polar surface area (TPSA) is 57.3 Å². The number of amides is 2. The van der Waals surface area contributed by atoms with E-state index in [4.69, 9.17) is 23.2 Å². The van der Waals surface area contributed by atoms with Crippen LogP contribution in [0.4, 0.5) is 9.18 Å². The van der Waals surface area contributed by atoms with Gasteiger partial charge in [-0.2, -0.15) is 0 Å². The summed E-state index contributed by atoms with van der Waals surface area (Å²) in [6.45, 7) is 4.36. The van der Waals surface area contributed by atoms with Crippen LogP contribution in [0.25, 0.3) is 0 Å². The molecule has 1 aliphatic rings.